The monoisotopic (exact) mass is 430 g/mol. The summed E-state index contributed by atoms with van der Waals surface area (Å²) in [5.74, 6) is -0.303. The van der Waals surface area contributed by atoms with E-state index < -0.39 is 0 Å². The molecule has 0 unspecified atom stereocenters. The van der Waals surface area contributed by atoms with Crippen molar-refractivity contribution in [1.82, 2.24) is 4.90 Å². The zero-order valence-corrected chi connectivity index (χ0v) is 18.1. The summed E-state index contributed by atoms with van der Waals surface area (Å²) in [5.41, 5.74) is 3.72. The van der Waals surface area contributed by atoms with Gasteiger partial charge in [-0.2, -0.15) is 23.0 Å². The fourth-order valence-corrected chi connectivity index (χ4v) is 2.83. The van der Waals surface area contributed by atoms with Gasteiger partial charge in [-0.25, -0.2) is 12.1 Å². The van der Waals surface area contributed by atoms with E-state index in [1.54, 1.807) is 12.1 Å². The van der Waals surface area contributed by atoms with Gasteiger partial charge in [-0.15, -0.1) is 0 Å². The zero-order chi connectivity index (χ0) is 20.4. The van der Waals surface area contributed by atoms with Crippen molar-refractivity contribution in [2.45, 2.75) is 12.8 Å². The number of methoxy groups -OCH3 is 1. The molecule has 0 N–H and O–H groups in total. The van der Waals surface area contributed by atoms with Crippen LogP contribution in [0, 0.1) is 11.3 Å². The van der Waals surface area contributed by atoms with Crippen LogP contribution in [0.2, 0.25) is 0 Å². The molecule has 29 heavy (non-hydrogen) atoms. The van der Waals surface area contributed by atoms with Crippen LogP contribution in [0.15, 0.2) is 72.3 Å². The second kappa shape index (κ2) is 12.7. The van der Waals surface area contributed by atoms with Gasteiger partial charge in [0.25, 0.3) is 0 Å². The SMILES string of the molecule is COC([O-])=c1ccc(=C2C=CC(CN(C)C)=C2)cc1.N#CCCc1ccc[cH-]1.[Fe+2]. The minimum atomic E-state index is -0.303. The summed E-state index contributed by atoms with van der Waals surface area (Å²) in [6, 6.07) is 17.6. The van der Waals surface area contributed by atoms with E-state index in [-0.39, 0.29) is 23.0 Å². The Balaban J connectivity index is 0.000000355. The van der Waals surface area contributed by atoms with E-state index >= 15 is 0 Å². The van der Waals surface area contributed by atoms with Crippen LogP contribution >= 0.6 is 0 Å². The quantitative estimate of drug-likeness (QED) is 0.537. The number of benzene rings is 1. The molecule has 0 amide bonds. The topological polar surface area (TPSA) is 59.3 Å². The molecule has 0 heterocycles. The minimum absolute atomic E-state index is 0. The molecule has 0 fully saturated rings. The Bertz CT molecular complexity index is 957. The fraction of sp³-hybridized carbons (Fsp3) is 0.250. The van der Waals surface area contributed by atoms with E-state index in [0.29, 0.717) is 11.6 Å². The van der Waals surface area contributed by atoms with Gasteiger partial charge >= 0.3 is 17.1 Å². The van der Waals surface area contributed by atoms with Gasteiger partial charge in [-0.1, -0.05) is 36.4 Å². The number of nitriles is 1. The fourth-order valence-electron chi connectivity index (χ4n) is 2.83. The average molecular weight is 430 g/mol. The van der Waals surface area contributed by atoms with Crippen LogP contribution in [0.1, 0.15) is 12.0 Å². The van der Waals surface area contributed by atoms with Crippen molar-refractivity contribution in [2.24, 2.45) is 0 Å². The van der Waals surface area contributed by atoms with Crippen molar-refractivity contribution in [3.63, 3.8) is 0 Å². The molecule has 5 heteroatoms. The van der Waals surface area contributed by atoms with Gasteiger partial charge in [0.15, 0.2) is 0 Å². The van der Waals surface area contributed by atoms with Gasteiger partial charge in [0.05, 0.1) is 12.0 Å². The summed E-state index contributed by atoms with van der Waals surface area (Å²) >= 11 is 0. The number of likely N-dealkylation sites (N-methyl/N-ethyl adjacent to an activating group) is 1. The molecule has 1 aliphatic rings. The van der Waals surface area contributed by atoms with Gasteiger partial charge in [-0.05, 0) is 55.3 Å². The summed E-state index contributed by atoms with van der Waals surface area (Å²) in [5, 5.41) is 21.3. The summed E-state index contributed by atoms with van der Waals surface area (Å²) in [6.45, 7) is 0.931. The second-order valence-electron chi connectivity index (χ2n) is 6.77. The molecular weight excluding hydrogens is 404 g/mol. The van der Waals surface area contributed by atoms with Crippen molar-refractivity contribution in [3.05, 3.63) is 88.3 Å². The first-order chi connectivity index (χ1) is 13.5. The van der Waals surface area contributed by atoms with Crippen molar-refractivity contribution in [2.75, 3.05) is 27.7 Å². The smallest absolute Gasteiger partial charge is 0.616 e. The third-order valence-electron chi connectivity index (χ3n) is 4.21. The Morgan fingerprint density at radius 2 is 1.90 bits per heavy atom. The number of hydrogen-bond acceptors (Lipinski definition) is 4. The molecule has 4 nitrogen and oxygen atoms in total. The molecule has 2 aromatic rings. The van der Waals surface area contributed by atoms with Crippen molar-refractivity contribution in [3.8, 4) is 6.07 Å². The Morgan fingerprint density at radius 1 is 1.17 bits per heavy atom. The van der Waals surface area contributed by atoms with Crippen LogP contribution in [0.3, 0.4) is 0 Å². The molecule has 0 atom stereocenters. The first-order valence-electron chi connectivity index (χ1n) is 9.20. The number of rotatable bonds is 5. The third-order valence-corrected chi connectivity index (χ3v) is 4.21. The summed E-state index contributed by atoms with van der Waals surface area (Å²) < 4.78 is 4.69. The first-order valence-corrected chi connectivity index (χ1v) is 9.20. The number of nitrogens with zero attached hydrogens (tertiary/aromatic N) is 2. The van der Waals surface area contributed by atoms with E-state index in [0.717, 1.165) is 18.2 Å². The van der Waals surface area contributed by atoms with E-state index in [4.69, 9.17) is 5.26 Å². The third kappa shape index (κ3) is 8.09. The first kappa shape index (κ1) is 24.4. The molecule has 152 valence electrons. The molecule has 1 aliphatic carbocycles. The van der Waals surface area contributed by atoms with Crippen LogP contribution in [0.25, 0.3) is 11.5 Å². The van der Waals surface area contributed by atoms with Crippen LogP contribution < -0.4 is 15.5 Å². The van der Waals surface area contributed by atoms with Gasteiger partial charge in [-0.3, -0.25) is 0 Å². The van der Waals surface area contributed by atoms with Gasteiger partial charge in [0, 0.05) is 13.0 Å². The van der Waals surface area contributed by atoms with Crippen molar-refractivity contribution in [1.29, 1.82) is 5.26 Å². The molecule has 0 saturated carbocycles. The predicted octanol–water partition coefficient (Wildman–Crippen LogP) is 1.83. The van der Waals surface area contributed by atoms with Crippen molar-refractivity contribution < 1.29 is 26.9 Å². The van der Waals surface area contributed by atoms with E-state index in [2.05, 4.69) is 48.0 Å². The molecule has 3 rings (SSSR count). The number of hydrogen-bond donors (Lipinski definition) is 0. The van der Waals surface area contributed by atoms with Gasteiger partial charge in [0.1, 0.15) is 0 Å². The van der Waals surface area contributed by atoms with E-state index in [1.165, 1.54) is 23.8 Å². The van der Waals surface area contributed by atoms with Gasteiger partial charge < -0.3 is 14.7 Å². The summed E-state index contributed by atoms with van der Waals surface area (Å²) in [4.78, 5) is 2.14. The standard InChI is InChI=1S/C16H19NO2.C8H8N.Fe/c1-17(2)11-12-4-5-15(10-12)13-6-8-14(9-7-13)16(18)19-3;9-7-3-6-8-4-1-2-5-8;/h4-10,18H,11H2,1-3H3;1-2,4-5H,3,6H2;/q;-1;+2/p-1. The van der Waals surface area contributed by atoms with E-state index in [1.807, 2.05) is 36.4 Å². The Labute approximate surface area is 183 Å². The summed E-state index contributed by atoms with van der Waals surface area (Å²) in [7, 11) is 5.50. The maximum Gasteiger partial charge on any atom is 2.00 e. The number of aryl methyl sites for hydroxylation is 1. The number of allylic oxidation sites excluding steroid dienone is 2. The second-order valence-corrected chi connectivity index (χ2v) is 6.77. The molecule has 2 aromatic carbocycles. The molecule has 0 saturated heterocycles. The van der Waals surface area contributed by atoms with Crippen LogP contribution in [0.5, 0.6) is 0 Å². The van der Waals surface area contributed by atoms with Crippen LogP contribution in [0.4, 0.5) is 0 Å². The molecular formula is C24H26FeN2O2. The van der Waals surface area contributed by atoms with E-state index in [9.17, 15) is 5.11 Å². The Hall–Kier alpha value is -2.64. The molecule has 0 bridgehead atoms. The molecule has 0 aliphatic heterocycles. The zero-order valence-electron chi connectivity index (χ0n) is 17.0. The molecule has 0 aromatic heterocycles. The maximum absolute atomic E-state index is 11.4. The minimum Gasteiger partial charge on any atom is -0.616 e. The van der Waals surface area contributed by atoms with Crippen molar-refractivity contribution >= 4 is 11.5 Å². The van der Waals surface area contributed by atoms with Gasteiger partial charge in [0.2, 0.25) is 0 Å². The maximum atomic E-state index is 11.4. The average Bonchev–Trinajstić information content (AvgIpc) is 3.38. The van der Waals surface area contributed by atoms with Crippen LogP contribution in [-0.4, -0.2) is 32.6 Å². The number of ether oxygens (including phenoxy) is 1. The molecule has 0 spiro atoms. The normalized spacial score (nSPS) is 11.8. The largest absolute Gasteiger partial charge is 2.00 e. The molecule has 0 radical (unpaired) electrons. The predicted molar refractivity (Wildman–Crippen MR) is 111 cm³/mol. The summed E-state index contributed by atoms with van der Waals surface area (Å²) in [6.07, 6.45) is 7.93. The van der Waals surface area contributed by atoms with Crippen LogP contribution in [-0.2, 0) is 28.2 Å². The Morgan fingerprint density at radius 3 is 2.45 bits per heavy atom. The Kier molecular flexibility index (Phi) is 10.7.